The summed E-state index contributed by atoms with van der Waals surface area (Å²) in [5.41, 5.74) is 2.24. The zero-order valence-electron chi connectivity index (χ0n) is 9.31. The van der Waals surface area contributed by atoms with E-state index in [0.29, 0.717) is 0 Å². The molecule has 0 aliphatic rings. The van der Waals surface area contributed by atoms with Gasteiger partial charge in [-0.25, -0.2) is 10.3 Å². The number of Topliss-reactive ketones (excluding diaryl/α,β-unsaturated/α-hetero) is 1. The van der Waals surface area contributed by atoms with Gasteiger partial charge in [-0.2, -0.15) is 0 Å². The first-order valence-electron chi connectivity index (χ1n) is 4.79. The highest BCUT2D eigenvalue weighted by molar-refractivity contribution is 6.33. The van der Waals surface area contributed by atoms with Crippen molar-refractivity contribution in [1.29, 1.82) is 0 Å². The molecule has 1 aromatic carbocycles. The van der Waals surface area contributed by atoms with Gasteiger partial charge in [0.25, 0.3) is 5.69 Å². The summed E-state index contributed by atoms with van der Waals surface area (Å²) in [7, 11) is 0. The van der Waals surface area contributed by atoms with Crippen molar-refractivity contribution in [2.45, 2.75) is 13.3 Å². The van der Waals surface area contributed by atoms with Gasteiger partial charge in [-0.15, -0.1) is 0 Å². The third kappa shape index (κ3) is 4.02. The summed E-state index contributed by atoms with van der Waals surface area (Å²) >= 11 is 5.74. The average Bonchev–Trinajstić information content (AvgIpc) is 2.26. The second-order valence-electron chi connectivity index (χ2n) is 3.38. The number of nitrogens with one attached hydrogen (secondary N) is 1. The Bertz CT molecular complexity index is 503. The Morgan fingerprint density at radius 2 is 2.17 bits per heavy atom. The number of nitrogens with zero attached hydrogens (tertiary/aromatic N) is 1. The quantitative estimate of drug-likeness (QED) is 0.501. The van der Waals surface area contributed by atoms with Gasteiger partial charge in [0.1, 0.15) is 12.2 Å². The van der Waals surface area contributed by atoms with Crippen LogP contribution in [0.2, 0.25) is 5.02 Å². The van der Waals surface area contributed by atoms with E-state index < -0.39 is 10.9 Å². The third-order valence-corrected chi connectivity index (χ3v) is 2.14. The molecule has 0 spiro atoms. The van der Waals surface area contributed by atoms with Gasteiger partial charge in [0, 0.05) is 12.1 Å². The molecular weight excluding hydrogens is 264 g/mol. The lowest BCUT2D eigenvalue weighted by Gasteiger charge is -2.07. The highest BCUT2D eigenvalue weighted by Gasteiger charge is 2.11. The van der Waals surface area contributed by atoms with Crippen LogP contribution >= 0.6 is 11.6 Å². The molecule has 0 aliphatic carbocycles. The summed E-state index contributed by atoms with van der Waals surface area (Å²) in [5.74, 6) is -1.10. The number of anilines is 1. The van der Waals surface area contributed by atoms with Crippen LogP contribution in [-0.2, 0) is 14.4 Å². The first kappa shape index (κ1) is 13.9. The number of halogens is 1. The van der Waals surface area contributed by atoms with Gasteiger partial charge in [-0.1, -0.05) is 11.6 Å². The lowest BCUT2D eigenvalue weighted by Crippen LogP contribution is -2.13. The Morgan fingerprint density at radius 1 is 1.50 bits per heavy atom. The van der Waals surface area contributed by atoms with Gasteiger partial charge in [-0.3, -0.25) is 14.9 Å². The van der Waals surface area contributed by atoms with Crippen molar-refractivity contribution in [1.82, 2.24) is 0 Å². The van der Waals surface area contributed by atoms with Gasteiger partial charge in [0.15, 0.2) is 0 Å². The van der Waals surface area contributed by atoms with E-state index in [9.17, 15) is 19.7 Å². The first-order chi connectivity index (χ1) is 8.40. The molecule has 0 atom stereocenters. The molecule has 0 heterocycles. The van der Waals surface area contributed by atoms with Gasteiger partial charge in [-0.05, 0) is 13.0 Å². The number of benzene rings is 1. The Kier molecular flexibility index (Phi) is 4.61. The first-order valence-corrected chi connectivity index (χ1v) is 5.17. The fourth-order valence-electron chi connectivity index (χ4n) is 1.05. The van der Waals surface area contributed by atoms with E-state index in [1.807, 2.05) is 0 Å². The predicted octanol–water partition coefficient (Wildman–Crippen LogP) is 2.10. The molecule has 1 rings (SSSR count). The maximum Gasteiger partial charge on any atom is 0.339 e. The van der Waals surface area contributed by atoms with Crippen LogP contribution in [0.25, 0.3) is 0 Å². The smallest absolute Gasteiger partial charge is 0.339 e. The fraction of sp³-hybridized carbons (Fsp3) is 0.200. The molecule has 0 aliphatic heterocycles. The van der Waals surface area contributed by atoms with Crippen LogP contribution < -0.4 is 5.48 Å². The topological polar surface area (TPSA) is 98.5 Å². The van der Waals surface area contributed by atoms with Gasteiger partial charge in [0.05, 0.1) is 15.6 Å². The minimum absolute atomic E-state index is 0.0276. The van der Waals surface area contributed by atoms with Crippen molar-refractivity contribution in [2.24, 2.45) is 0 Å². The van der Waals surface area contributed by atoms with E-state index in [4.69, 9.17) is 11.6 Å². The number of carbonyl (C=O) groups is 2. The number of non-ortho nitro benzene ring substituents is 1. The van der Waals surface area contributed by atoms with Gasteiger partial charge in [0.2, 0.25) is 0 Å². The second-order valence-corrected chi connectivity index (χ2v) is 3.78. The Morgan fingerprint density at radius 3 is 2.67 bits per heavy atom. The van der Waals surface area contributed by atoms with Crippen molar-refractivity contribution in [3.8, 4) is 0 Å². The number of hydrogen-bond donors (Lipinski definition) is 1. The highest BCUT2D eigenvalue weighted by Crippen LogP contribution is 2.26. The Hall–Kier alpha value is -2.15. The molecule has 1 aromatic rings. The van der Waals surface area contributed by atoms with Crippen LogP contribution in [0.4, 0.5) is 11.4 Å². The van der Waals surface area contributed by atoms with Crippen LogP contribution in [0, 0.1) is 10.1 Å². The SMILES string of the molecule is CC(=O)CC(=O)ONc1ccc([N+](=O)[O-])cc1Cl. The summed E-state index contributed by atoms with van der Waals surface area (Å²) < 4.78 is 0. The number of rotatable bonds is 5. The number of ketones is 1. The van der Waals surface area contributed by atoms with E-state index in [1.54, 1.807) is 0 Å². The summed E-state index contributed by atoms with van der Waals surface area (Å²) in [6.07, 6.45) is -0.363. The van der Waals surface area contributed by atoms with Crippen molar-refractivity contribution >= 4 is 34.7 Å². The molecule has 0 radical (unpaired) electrons. The summed E-state index contributed by atoms with van der Waals surface area (Å²) in [4.78, 5) is 36.1. The molecule has 1 N–H and O–H groups in total. The zero-order chi connectivity index (χ0) is 13.7. The zero-order valence-corrected chi connectivity index (χ0v) is 10.1. The molecule has 7 nitrogen and oxygen atoms in total. The van der Waals surface area contributed by atoms with Crippen molar-refractivity contribution in [2.75, 3.05) is 5.48 Å². The molecule has 96 valence electrons. The number of carbonyl (C=O) groups excluding carboxylic acids is 2. The van der Waals surface area contributed by atoms with Crippen LogP contribution in [-0.4, -0.2) is 16.7 Å². The monoisotopic (exact) mass is 272 g/mol. The van der Waals surface area contributed by atoms with E-state index in [2.05, 4.69) is 10.3 Å². The van der Waals surface area contributed by atoms with E-state index >= 15 is 0 Å². The normalized spacial score (nSPS) is 9.67. The van der Waals surface area contributed by atoms with E-state index in [1.165, 1.54) is 19.1 Å². The molecule has 0 saturated heterocycles. The Labute approximate surface area is 107 Å². The van der Waals surface area contributed by atoms with Crippen LogP contribution in [0.15, 0.2) is 18.2 Å². The molecule has 0 unspecified atom stereocenters. The van der Waals surface area contributed by atoms with Crippen molar-refractivity contribution in [3.63, 3.8) is 0 Å². The molecule has 0 amide bonds. The second kappa shape index (κ2) is 5.97. The number of nitro benzene ring substituents is 1. The molecule has 0 saturated carbocycles. The highest BCUT2D eigenvalue weighted by atomic mass is 35.5. The molecule has 18 heavy (non-hydrogen) atoms. The predicted molar refractivity (Wildman–Crippen MR) is 63.1 cm³/mol. The van der Waals surface area contributed by atoms with Crippen LogP contribution in [0.1, 0.15) is 13.3 Å². The molecular formula is C10H9ClN2O5. The van der Waals surface area contributed by atoms with E-state index in [0.717, 1.165) is 6.07 Å². The maximum absolute atomic E-state index is 11.1. The standard InChI is InChI=1S/C10H9ClN2O5/c1-6(14)4-10(15)18-12-9-3-2-7(13(16)17)5-8(9)11/h2-3,5,12H,4H2,1H3. The summed E-state index contributed by atoms with van der Waals surface area (Å²) in [6, 6.07) is 3.61. The molecule has 8 heteroatoms. The van der Waals surface area contributed by atoms with Crippen LogP contribution in [0.5, 0.6) is 0 Å². The number of hydrogen-bond acceptors (Lipinski definition) is 6. The Balaban J connectivity index is 2.66. The lowest BCUT2D eigenvalue weighted by molar-refractivity contribution is -0.384. The molecule has 0 aromatic heterocycles. The lowest BCUT2D eigenvalue weighted by atomic mass is 10.3. The van der Waals surface area contributed by atoms with Crippen molar-refractivity contribution < 1.29 is 19.3 Å². The molecule has 0 fully saturated rings. The van der Waals surface area contributed by atoms with Crippen molar-refractivity contribution in [3.05, 3.63) is 33.3 Å². The minimum atomic E-state index is -0.767. The van der Waals surface area contributed by atoms with Crippen LogP contribution in [0.3, 0.4) is 0 Å². The molecule has 0 bridgehead atoms. The summed E-state index contributed by atoms with van der Waals surface area (Å²) in [6.45, 7) is 1.25. The summed E-state index contributed by atoms with van der Waals surface area (Å²) in [5, 5.41) is 10.5. The minimum Gasteiger partial charge on any atom is -0.343 e. The van der Waals surface area contributed by atoms with Gasteiger partial charge < -0.3 is 4.84 Å². The van der Waals surface area contributed by atoms with Gasteiger partial charge >= 0.3 is 5.97 Å². The largest absolute Gasteiger partial charge is 0.343 e. The van der Waals surface area contributed by atoms with E-state index in [-0.39, 0.29) is 28.6 Å². The third-order valence-electron chi connectivity index (χ3n) is 1.83. The average molecular weight is 273 g/mol. The maximum atomic E-state index is 11.1. The number of nitro groups is 1. The fourth-order valence-corrected chi connectivity index (χ4v) is 1.26.